The summed E-state index contributed by atoms with van der Waals surface area (Å²) in [5.74, 6) is -2.60. The van der Waals surface area contributed by atoms with Gasteiger partial charge in [-0.2, -0.15) is 0 Å². The van der Waals surface area contributed by atoms with E-state index in [4.69, 9.17) is 5.11 Å². The number of carboxylic acids is 1. The molecule has 0 saturated carbocycles. The number of fused-ring (bicyclic) bond motifs is 2. The van der Waals surface area contributed by atoms with Crippen LogP contribution < -0.4 is 0 Å². The largest absolute Gasteiger partial charge is 0.474 e. The van der Waals surface area contributed by atoms with Crippen molar-refractivity contribution in [1.82, 2.24) is 4.90 Å². The third-order valence-corrected chi connectivity index (χ3v) is 4.96. The number of hydrogen-bond donors (Lipinski definition) is 1. The number of rotatable bonds is 0. The van der Waals surface area contributed by atoms with Gasteiger partial charge < -0.3 is 10.0 Å². The van der Waals surface area contributed by atoms with Crippen LogP contribution in [0.5, 0.6) is 0 Å². The molecule has 0 aromatic carbocycles. The lowest BCUT2D eigenvalue weighted by atomic mass is 10.2. The van der Waals surface area contributed by atoms with E-state index < -0.39 is 33.0 Å². The second kappa shape index (κ2) is 2.69. The van der Waals surface area contributed by atoms with Crippen molar-refractivity contribution < 1.29 is 23.1 Å². The minimum atomic E-state index is -3.07. The van der Waals surface area contributed by atoms with Crippen molar-refractivity contribution >= 4 is 21.7 Å². The Hall–Kier alpha value is -1.11. The van der Waals surface area contributed by atoms with Crippen molar-refractivity contribution in [3.8, 4) is 0 Å². The van der Waals surface area contributed by atoms with Crippen LogP contribution in [0.4, 0.5) is 0 Å². The Morgan fingerprint density at radius 1 is 1.36 bits per heavy atom. The highest BCUT2D eigenvalue weighted by Gasteiger charge is 2.50. The predicted molar refractivity (Wildman–Crippen MR) is 45.3 cm³/mol. The van der Waals surface area contributed by atoms with Crippen molar-refractivity contribution in [2.45, 2.75) is 17.7 Å². The van der Waals surface area contributed by atoms with Gasteiger partial charge in [-0.1, -0.05) is 0 Å². The molecule has 2 bridgehead atoms. The van der Waals surface area contributed by atoms with Crippen molar-refractivity contribution in [2.75, 3.05) is 12.3 Å². The van der Waals surface area contributed by atoms with E-state index in [1.54, 1.807) is 0 Å². The Labute approximate surface area is 80.4 Å². The molecule has 0 aromatic rings. The molecule has 0 aliphatic carbocycles. The molecule has 6 nitrogen and oxygen atoms in total. The number of carbonyl (C=O) groups is 2. The number of nitrogens with zero attached hydrogens (tertiary/aromatic N) is 1. The van der Waals surface area contributed by atoms with Gasteiger partial charge in [0.15, 0.2) is 9.84 Å². The van der Waals surface area contributed by atoms with E-state index in [0.717, 1.165) is 4.90 Å². The molecule has 0 spiro atoms. The van der Waals surface area contributed by atoms with E-state index in [2.05, 4.69) is 0 Å². The van der Waals surface area contributed by atoms with Crippen LogP contribution in [0.15, 0.2) is 0 Å². The van der Waals surface area contributed by atoms with Gasteiger partial charge in [0.1, 0.15) is 0 Å². The van der Waals surface area contributed by atoms with Crippen molar-refractivity contribution in [2.24, 2.45) is 0 Å². The van der Waals surface area contributed by atoms with Crippen LogP contribution in [0.2, 0.25) is 0 Å². The first-order chi connectivity index (χ1) is 6.42. The summed E-state index contributed by atoms with van der Waals surface area (Å²) in [6, 6.07) is -0.423. The molecule has 2 saturated heterocycles. The second-order valence-electron chi connectivity index (χ2n) is 3.60. The van der Waals surface area contributed by atoms with Crippen LogP contribution >= 0.6 is 0 Å². The smallest absolute Gasteiger partial charge is 0.394 e. The molecule has 1 amide bonds. The van der Waals surface area contributed by atoms with Gasteiger partial charge in [0.25, 0.3) is 0 Å². The van der Waals surface area contributed by atoms with Crippen molar-refractivity contribution in [1.29, 1.82) is 0 Å². The zero-order valence-electron chi connectivity index (χ0n) is 7.21. The normalized spacial score (nSPS) is 33.3. The maximum Gasteiger partial charge on any atom is 0.394 e. The van der Waals surface area contributed by atoms with Gasteiger partial charge in [-0.25, -0.2) is 13.2 Å². The lowest BCUT2D eigenvalue weighted by Gasteiger charge is -2.24. The Morgan fingerprint density at radius 3 is 2.36 bits per heavy atom. The van der Waals surface area contributed by atoms with E-state index in [1.807, 2.05) is 0 Å². The number of amides is 1. The van der Waals surface area contributed by atoms with Crippen LogP contribution in [-0.2, 0) is 19.4 Å². The van der Waals surface area contributed by atoms with Gasteiger partial charge in [-0.3, -0.25) is 4.79 Å². The molecule has 2 aliphatic heterocycles. The Bertz CT molecular complexity index is 400. The third-order valence-electron chi connectivity index (χ3n) is 2.75. The molecule has 14 heavy (non-hydrogen) atoms. The first-order valence-electron chi connectivity index (χ1n) is 4.17. The van der Waals surface area contributed by atoms with E-state index in [0.29, 0.717) is 6.42 Å². The lowest BCUT2D eigenvalue weighted by Crippen LogP contribution is -2.46. The summed E-state index contributed by atoms with van der Waals surface area (Å²) >= 11 is 0. The quantitative estimate of drug-likeness (QED) is 0.499. The fourth-order valence-corrected chi connectivity index (χ4v) is 4.10. The van der Waals surface area contributed by atoms with Gasteiger partial charge >= 0.3 is 11.9 Å². The molecule has 1 N–H and O–H groups in total. The molecule has 2 unspecified atom stereocenters. The lowest BCUT2D eigenvalue weighted by molar-refractivity contribution is -0.156. The Balaban J connectivity index is 2.18. The van der Waals surface area contributed by atoms with Crippen LogP contribution in [-0.4, -0.2) is 53.9 Å². The fourth-order valence-electron chi connectivity index (χ4n) is 2.07. The summed E-state index contributed by atoms with van der Waals surface area (Å²) < 4.78 is 22.6. The topological polar surface area (TPSA) is 91.8 Å². The Kier molecular flexibility index (Phi) is 1.82. The average molecular weight is 219 g/mol. The molecular weight excluding hydrogens is 210 g/mol. The molecule has 2 fully saturated rings. The van der Waals surface area contributed by atoms with Gasteiger partial charge in [-0.15, -0.1) is 0 Å². The number of hydrogen-bond acceptors (Lipinski definition) is 4. The molecule has 2 atom stereocenters. The monoisotopic (exact) mass is 219 g/mol. The first-order valence-corrected chi connectivity index (χ1v) is 5.89. The van der Waals surface area contributed by atoms with Gasteiger partial charge in [0.05, 0.1) is 11.0 Å². The number of carbonyl (C=O) groups excluding carboxylic acids is 1. The molecule has 2 rings (SSSR count). The number of sulfone groups is 1. The standard InChI is InChI=1S/C7H9NO5S/c9-6(7(10)11)8-2-5-1-4(8)3-14(5,12)13/h4-5H,1-3H2,(H,10,11). The van der Waals surface area contributed by atoms with E-state index in [-0.39, 0.29) is 12.3 Å². The van der Waals surface area contributed by atoms with Crippen molar-refractivity contribution in [3.05, 3.63) is 0 Å². The van der Waals surface area contributed by atoms with Crippen LogP contribution in [0.1, 0.15) is 6.42 Å². The van der Waals surface area contributed by atoms with Gasteiger partial charge in [0.2, 0.25) is 0 Å². The van der Waals surface area contributed by atoms with Crippen LogP contribution in [0.3, 0.4) is 0 Å². The maximum atomic E-state index is 11.3. The van der Waals surface area contributed by atoms with E-state index >= 15 is 0 Å². The van der Waals surface area contributed by atoms with Crippen LogP contribution in [0, 0.1) is 0 Å². The number of aliphatic carboxylic acids is 1. The summed E-state index contributed by atoms with van der Waals surface area (Å²) in [7, 11) is -3.07. The zero-order chi connectivity index (χ0) is 10.5. The van der Waals surface area contributed by atoms with Crippen molar-refractivity contribution in [3.63, 3.8) is 0 Å². The third kappa shape index (κ3) is 1.19. The SMILES string of the molecule is O=C(O)C(=O)N1CC2CC1CS2(=O)=O. The molecule has 2 aliphatic rings. The predicted octanol–water partition coefficient (Wildman–Crippen LogP) is -1.53. The molecule has 0 radical (unpaired) electrons. The highest BCUT2D eigenvalue weighted by Crippen LogP contribution is 2.32. The zero-order valence-corrected chi connectivity index (χ0v) is 8.03. The highest BCUT2D eigenvalue weighted by molar-refractivity contribution is 7.92. The summed E-state index contributed by atoms with van der Waals surface area (Å²) in [4.78, 5) is 22.6. The average Bonchev–Trinajstić information content (AvgIpc) is 2.57. The van der Waals surface area contributed by atoms with E-state index in [9.17, 15) is 18.0 Å². The first kappa shape index (κ1) is 9.45. The van der Waals surface area contributed by atoms with Gasteiger partial charge in [-0.05, 0) is 6.42 Å². The molecule has 78 valence electrons. The number of likely N-dealkylation sites (tertiary alicyclic amines) is 1. The molecular formula is C7H9NO5S. The summed E-state index contributed by atoms with van der Waals surface area (Å²) in [6.07, 6.45) is 0.390. The molecule has 7 heteroatoms. The summed E-state index contributed by atoms with van der Waals surface area (Å²) in [6.45, 7) is 0.0398. The number of carboxylic acid groups (broad SMARTS) is 1. The highest BCUT2D eigenvalue weighted by atomic mass is 32.2. The summed E-state index contributed by atoms with van der Waals surface area (Å²) in [5.41, 5.74) is 0. The summed E-state index contributed by atoms with van der Waals surface area (Å²) in [5, 5.41) is 7.91. The van der Waals surface area contributed by atoms with E-state index in [1.165, 1.54) is 0 Å². The van der Waals surface area contributed by atoms with Crippen LogP contribution in [0.25, 0.3) is 0 Å². The Morgan fingerprint density at radius 2 is 2.00 bits per heavy atom. The maximum absolute atomic E-state index is 11.3. The molecule has 2 heterocycles. The second-order valence-corrected chi connectivity index (χ2v) is 5.93. The fraction of sp³-hybridized carbons (Fsp3) is 0.714. The van der Waals surface area contributed by atoms with Gasteiger partial charge in [0, 0.05) is 12.6 Å². The molecule has 0 aromatic heterocycles. The minimum absolute atomic E-state index is 0.0398. The minimum Gasteiger partial charge on any atom is -0.474 e.